The molecule has 1 saturated carbocycles. The molecule has 4 rings (SSSR count). The molecule has 1 unspecified atom stereocenters. The van der Waals surface area contributed by atoms with Crippen molar-refractivity contribution < 1.29 is 22.5 Å². The summed E-state index contributed by atoms with van der Waals surface area (Å²) in [4.78, 5) is 16.3. The van der Waals surface area contributed by atoms with Crippen molar-refractivity contribution in [3.8, 4) is 0 Å². The third-order valence-electron chi connectivity index (χ3n) is 6.16. The molecule has 3 aromatic rings. The van der Waals surface area contributed by atoms with Crippen molar-refractivity contribution in [2.75, 3.05) is 5.32 Å². The van der Waals surface area contributed by atoms with Crippen LogP contribution in [-0.4, -0.2) is 28.1 Å². The van der Waals surface area contributed by atoms with Gasteiger partial charge in [-0.15, -0.1) is 0 Å². The number of hydrogen-bond acceptors (Lipinski definition) is 5. The van der Waals surface area contributed by atoms with Gasteiger partial charge >= 0.3 is 6.18 Å². The molecule has 0 radical (unpaired) electrons. The van der Waals surface area contributed by atoms with Crippen molar-refractivity contribution in [2.24, 2.45) is 5.92 Å². The SMILES string of the molecule is Cc1nocc1C(=O)N[C@H]1CC[C@@H](Nc2cc(C(F)(F)F)nc3ccccc23)CCC1C. The van der Waals surface area contributed by atoms with E-state index >= 15 is 0 Å². The molecule has 1 amide bonds. The number of halogens is 3. The first kappa shape index (κ1) is 22.1. The van der Waals surface area contributed by atoms with E-state index in [0.717, 1.165) is 25.3 Å². The van der Waals surface area contributed by atoms with Crippen molar-refractivity contribution >= 4 is 22.5 Å². The fourth-order valence-corrected chi connectivity index (χ4v) is 4.25. The number of aryl methyl sites for hydroxylation is 1. The normalized spacial score (nSPS) is 21.8. The Morgan fingerprint density at radius 2 is 1.91 bits per heavy atom. The minimum Gasteiger partial charge on any atom is -0.382 e. The van der Waals surface area contributed by atoms with Gasteiger partial charge in [-0.05, 0) is 50.7 Å². The maximum atomic E-state index is 13.4. The van der Waals surface area contributed by atoms with Gasteiger partial charge in [-0.1, -0.05) is 30.3 Å². The van der Waals surface area contributed by atoms with E-state index in [2.05, 4.69) is 27.7 Å². The topological polar surface area (TPSA) is 80.0 Å². The molecule has 0 spiro atoms. The number of nitrogens with zero attached hydrogens (tertiary/aromatic N) is 2. The highest BCUT2D eigenvalue weighted by Gasteiger charge is 2.34. The van der Waals surface area contributed by atoms with Crippen LogP contribution >= 0.6 is 0 Å². The lowest BCUT2D eigenvalue weighted by atomic mass is 9.96. The Kier molecular flexibility index (Phi) is 6.08. The Bertz CT molecular complexity index is 1110. The number of hydrogen-bond donors (Lipinski definition) is 2. The van der Waals surface area contributed by atoms with Gasteiger partial charge in [0.15, 0.2) is 0 Å². The van der Waals surface area contributed by atoms with Crippen LogP contribution in [0.25, 0.3) is 10.9 Å². The number of benzene rings is 1. The number of fused-ring (bicyclic) bond motifs is 1. The molecule has 2 N–H and O–H groups in total. The van der Waals surface area contributed by atoms with Gasteiger partial charge in [-0.25, -0.2) is 4.98 Å². The van der Waals surface area contributed by atoms with E-state index in [1.165, 1.54) is 6.26 Å². The Morgan fingerprint density at radius 1 is 1.16 bits per heavy atom. The molecule has 1 aromatic carbocycles. The van der Waals surface area contributed by atoms with Crippen LogP contribution in [0.1, 0.15) is 54.4 Å². The van der Waals surface area contributed by atoms with Crippen LogP contribution in [0.4, 0.5) is 18.9 Å². The quantitative estimate of drug-likeness (QED) is 0.529. The molecule has 2 aromatic heterocycles. The third-order valence-corrected chi connectivity index (χ3v) is 6.16. The fourth-order valence-electron chi connectivity index (χ4n) is 4.25. The van der Waals surface area contributed by atoms with Crippen LogP contribution < -0.4 is 10.6 Å². The molecule has 170 valence electrons. The van der Waals surface area contributed by atoms with Crippen LogP contribution in [0, 0.1) is 12.8 Å². The summed E-state index contributed by atoms with van der Waals surface area (Å²) in [6, 6.07) is 7.86. The molecule has 6 nitrogen and oxygen atoms in total. The molecule has 2 heterocycles. The van der Waals surface area contributed by atoms with Crippen LogP contribution in [0.2, 0.25) is 0 Å². The first-order valence-corrected chi connectivity index (χ1v) is 10.7. The van der Waals surface area contributed by atoms with Crippen molar-refractivity contribution in [1.29, 1.82) is 0 Å². The lowest BCUT2D eigenvalue weighted by Crippen LogP contribution is -2.39. The van der Waals surface area contributed by atoms with Crippen molar-refractivity contribution in [3.05, 3.63) is 53.5 Å². The minimum atomic E-state index is -4.52. The lowest BCUT2D eigenvalue weighted by molar-refractivity contribution is -0.140. The summed E-state index contributed by atoms with van der Waals surface area (Å²) in [6.45, 7) is 3.79. The van der Waals surface area contributed by atoms with E-state index in [1.54, 1.807) is 31.2 Å². The number of amides is 1. The van der Waals surface area contributed by atoms with E-state index in [4.69, 9.17) is 4.52 Å². The average molecular weight is 446 g/mol. The highest BCUT2D eigenvalue weighted by Crippen LogP contribution is 2.34. The predicted molar refractivity (Wildman–Crippen MR) is 114 cm³/mol. The molecule has 0 saturated heterocycles. The average Bonchev–Trinajstić information content (AvgIpc) is 3.11. The number of nitrogens with one attached hydrogen (secondary N) is 2. The monoisotopic (exact) mass is 446 g/mol. The van der Waals surface area contributed by atoms with Crippen LogP contribution in [-0.2, 0) is 6.18 Å². The second-order valence-electron chi connectivity index (χ2n) is 8.44. The number of para-hydroxylation sites is 1. The Morgan fingerprint density at radius 3 is 2.62 bits per heavy atom. The number of carbonyl (C=O) groups excluding carboxylic acids is 1. The molecule has 9 heteroatoms. The Balaban J connectivity index is 1.50. The van der Waals surface area contributed by atoms with Crippen LogP contribution in [0.3, 0.4) is 0 Å². The smallest absolute Gasteiger partial charge is 0.382 e. The molecular formula is C23H25F3N4O2. The molecule has 1 aliphatic rings. The van der Waals surface area contributed by atoms with Crippen LogP contribution in [0.15, 0.2) is 41.1 Å². The maximum Gasteiger partial charge on any atom is 0.433 e. The van der Waals surface area contributed by atoms with Crippen molar-refractivity contribution in [2.45, 2.75) is 57.8 Å². The zero-order chi connectivity index (χ0) is 22.9. The molecular weight excluding hydrogens is 421 g/mol. The minimum absolute atomic E-state index is 0.0106. The highest BCUT2D eigenvalue weighted by atomic mass is 19.4. The van der Waals surface area contributed by atoms with E-state index in [-0.39, 0.29) is 23.9 Å². The summed E-state index contributed by atoms with van der Waals surface area (Å²) < 4.78 is 45.0. The first-order valence-electron chi connectivity index (χ1n) is 10.7. The van der Waals surface area contributed by atoms with E-state index in [0.29, 0.717) is 34.3 Å². The van der Waals surface area contributed by atoms with Gasteiger partial charge in [-0.3, -0.25) is 4.79 Å². The fraction of sp³-hybridized carbons (Fsp3) is 0.435. The first-order chi connectivity index (χ1) is 15.2. The molecule has 0 bridgehead atoms. The summed E-state index contributed by atoms with van der Waals surface area (Å²) in [5.74, 6) is 0.00722. The van der Waals surface area contributed by atoms with E-state index in [1.807, 2.05) is 0 Å². The summed E-state index contributed by atoms with van der Waals surface area (Å²) in [6.07, 6.45) is -0.130. The lowest BCUT2D eigenvalue weighted by Gasteiger charge is -2.22. The standard InChI is InChI=1S/C23H25F3N4O2/c1-13-7-8-15(9-10-18(13)29-22(31)17-12-32-30-14(17)2)27-20-11-21(23(24,25)26)28-19-6-4-3-5-16(19)20/h3-6,11-13,15,18H,7-10H2,1-2H3,(H,27,28)(H,29,31)/t13?,15-,18-/m0/s1. The number of rotatable bonds is 4. The third kappa shape index (κ3) is 4.71. The number of carbonyl (C=O) groups is 1. The van der Waals surface area contributed by atoms with E-state index in [9.17, 15) is 18.0 Å². The zero-order valence-electron chi connectivity index (χ0n) is 17.9. The number of alkyl halides is 3. The summed E-state index contributed by atoms with van der Waals surface area (Å²) >= 11 is 0. The second-order valence-corrected chi connectivity index (χ2v) is 8.44. The van der Waals surface area contributed by atoms with Crippen molar-refractivity contribution in [1.82, 2.24) is 15.5 Å². The van der Waals surface area contributed by atoms with E-state index < -0.39 is 11.9 Å². The van der Waals surface area contributed by atoms with Gasteiger partial charge in [-0.2, -0.15) is 13.2 Å². The largest absolute Gasteiger partial charge is 0.433 e. The van der Waals surface area contributed by atoms with Gasteiger partial charge in [0, 0.05) is 23.2 Å². The second kappa shape index (κ2) is 8.80. The summed E-state index contributed by atoms with van der Waals surface area (Å²) in [7, 11) is 0. The Hall–Kier alpha value is -3.10. The van der Waals surface area contributed by atoms with Gasteiger partial charge in [0.1, 0.15) is 17.5 Å². The molecule has 1 fully saturated rings. The van der Waals surface area contributed by atoms with Crippen LogP contribution in [0.5, 0.6) is 0 Å². The van der Waals surface area contributed by atoms with Gasteiger partial charge in [0.05, 0.1) is 11.2 Å². The molecule has 32 heavy (non-hydrogen) atoms. The molecule has 3 atom stereocenters. The highest BCUT2D eigenvalue weighted by molar-refractivity contribution is 5.95. The number of pyridine rings is 1. The van der Waals surface area contributed by atoms with Gasteiger partial charge in [0.25, 0.3) is 5.91 Å². The van der Waals surface area contributed by atoms with Gasteiger partial charge < -0.3 is 15.2 Å². The maximum absolute atomic E-state index is 13.4. The summed E-state index contributed by atoms with van der Waals surface area (Å²) in [5, 5.41) is 10.8. The zero-order valence-corrected chi connectivity index (χ0v) is 17.9. The Labute approximate surface area is 183 Å². The molecule has 0 aliphatic heterocycles. The summed E-state index contributed by atoms with van der Waals surface area (Å²) in [5.41, 5.74) is 0.784. The predicted octanol–water partition coefficient (Wildman–Crippen LogP) is 5.34. The van der Waals surface area contributed by atoms with Gasteiger partial charge in [0.2, 0.25) is 0 Å². The molecule has 1 aliphatic carbocycles. The van der Waals surface area contributed by atoms with Crippen molar-refractivity contribution in [3.63, 3.8) is 0 Å². The number of aromatic nitrogens is 2. The number of anilines is 1.